The first kappa shape index (κ1) is 15.6. The number of halogens is 1. The molecule has 3 nitrogen and oxygen atoms in total. The Morgan fingerprint density at radius 2 is 1.73 bits per heavy atom. The first-order valence-corrected chi connectivity index (χ1v) is 8.74. The van der Waals surface area contributed by atoms with Crippen LogP contribution in [0.4, 0.5) is 5.69 Å². The summed E-state index contributed by atoms with van der Waals surface area (Å²) in [5.41, 5.74) is 2.54. The van der Waals surface area contributed by atoms with E-state index in [1.807, 2.05) is 0 Å². The van der Waals surface area contributed by atoms with Crippen LogP contribution in [-0.4, -0.2) is 20.8 Å². The number of rotatable bonds is 3. The van der Waals surface area contributed by atoms with Gasteiger partial charge in [0.25, 0.3) is 0 Å². The molecule has 0 saturated heterocycles. The van der Waals surface area contributed by atoms with E-state index in [9.17, 15) is 0 Å². The molecular weight excluding hydrogens is 362 g/mol. The molecule has 0 saturated carbocycles. The van der Waals surface area contributed by atoms with E-state index in [0.717, 1.165) is 35.4 Å². The Kier molecular flexibility index (Phi) is 4.84. The number of hydrogen-bond donors (Lipinski definition) is 0. The maximum absolute atomic E-state index is 5.44. The summed E-state index contributed by atoms with van der Waals surface area (Å²) in [4.78, 5) is 1.23. The van der Waals surface area contributed by atoms with E-state index in [0.29, 0.717) is 0 Å². The zero-order valence-electron chi connectivity index (χ0n) is 12.6. The molecule has 2 aromatic carbocycles. The third-order valence-corrected chi connectivity index (χ3v) is 5.42. The molecule has 3 rings (SSSR count). The lowest BCUT2D eigenvalue weighted by Crippen LogP contribution is -2.14. The molecule has 0 atom stereocenters. The minimum Gasteiger partial charge on any atom is -0.493 e. The summed E-state index contributed by atoms with van der Waals surface area (Å²) >= 11 is 5.26. The van der Waals surface area contributed by atoms with E-state index in [4.69, 9.17) is 9.47 Å². The van der Waals surface area contributed by atoms with E-state index in [1.165, 1.54) is 16.1 Å². The number of ether oxygens (including phenoxy) is 2. The van der Waals surface area contributed by atoms with Gasteiger partial charge in [-0.3, -0.25) is 0 Å². The van der Waals surface area contributed by atoms with Crippen molar-refractivity contribution < 1.29 is 9.47 Å². The van der Waals surface area contributed by atoms with Gasteiger partial charge in [0.05, 0.1) is 14.2 Å². The topological polar surface area (TPSA) is 21.7 Å². The molecule has 0 N–H and O–H groups in total. The predicted molar refractivity (Wildman–Crippen MR) is 95.2 cm³/mol. The van der Waals surface area contributed by atoms with E-state index in [1.54, 1.807) is 26.2 Å². The summed E-state index contributed by atoms with van der Waals surface area (Å²) < 4.78 is 14.3. The van der Waals surface area contributed by atoms with Crippen LogP contribution in [0.2, 0.25) is 0 Å². The lowest BCUT2D eigenvalue weighted by atomic mass is 10.1. The molecule has 22 heavy (non-hydrogen) atoms. The van der Waals surface area contributed by atoms with Crippen molar-refractivity contribution in [1.29, 1.82) is 0 Å². The van der Waals surface area contributed by atoms with Gasteiger partial charge in [-0.25, -0.2) is 0 Å². The summed E-state index contributed by atoms with van der Waals surface area (Å²) in [5, 5.41) is 0. The molecule has 0 spiro atoms. The molecule has 1 heterocycles. The average Bonchev–Trinajstić information content (AvgIpc) is 2.75. The van der Waals surface area contributed by atoms with Crippen LogP contribution in [0.15, 0.2) is 45.8 Å². The van der Waals surface area contributed by atoms with Crippen LogP contribution in [0.3, 0.4) is 0 Å². The van der Waals surface area contributed by atoms with Crippen LogP contribution in [-0.2, 0) is 6.42 Å². The van der Waals surface area contributed by atoms with Gasteiger partial charge in [-0.15, -0.1) is 0 Å². The number of nitrogens with zero attached hydrogens (tertiary/aromatic N) is 1. The van der Waals surface area contributed by atoms with Crippen LogP contribution >= 0.6 is 27.9 Å². The number of anilines is 1. The summed E-state index contributed by atoms with van der Waals surface area (Å²) in [7, 11) is 3.36. The second kappa shape index (κ2) is 6.84. The molecule has 0 aliphatic carbocycles. The van der Waals surface area contributed by atoms with Crippen LogP contribution in [0.25, 0.3) is 0 Å². The first-order chi connectivity index (χ1) is 10.7. The normalized spacial score (nSPS) is 14.2. The van der Waals surface area contributed by atoms with Gasteiger partial charge in [-0.05, 0) is 66.8 Å². The highest BCUT2D eigenvalue weighted by atomic mass is 79.9. The SMILES string of the molecule is COc1cc2c(cc1OC)SN(c1ccc(Br)cc1)CCC2. The van der Waals surface area contributed by atoms with Crippen LogP contribution in [0.5, 0.6) is 11.5 Å². The van der Waals surface area contributed by atoms with Crippen LogP contribution < -0.4 is 13.8 Å². The molecule has 0 aromatic heterocycles. The Hall–Kier alpha value is -1.33. The van der Waals surface area contributed by atoms with Crippen molar-refractivity contribution in [2.45, 2.75) is 17.7 Å². The number of aryl methyl sites for hydroxylation is 1. The Bertz CT molecular complexity index is 660. The van der Waals surface area contributed by atoms with E-state index >= 15 is 0 Å². The Labute approximate surface area is 143 Å². The molecule has 1 aliphatic heterocycles. The average molecular weight is 380 g/mol. The summed E-state index contributed by atoms with van der Waals surface area (Å²) in [6.45, 7) is 1.02. The number of methoxy groups -OCH3 is 2. The monoisotopic (exact) mass is 379 g/mol. The highest BCUT2D eigenvalue weighted by molar-refractivity contribution is 9.10. The zero-order chi connectivity index (χ0) is 15.5. The van der Waals surface area contributed by atoms with Crippen molar-refractivity contribution in [3.05, 3.63) is 46.4 Å². The van der Waals surface area contributed by atoms with Crippen LogP contribution in [0, 0.1) is 0 Å². The maximum Gasteiger partial charge on any atom is 0.161 e. The molecule has 0 radical (unpaired) electrons. The van der Waals surface area contributed by atoms with E-state index in [-0.39, 0.29) is 0 Å². The van der Waals surface area contributed by atoms with E-state index in [2.05, 4.69) is 56.6 Å². The minimum absolute atomic E-state index is 0.784. The molecule has 116 valence electrons. The quantitative estimate of drug-likeness (QED) is 0.704. The lowest BCUT2D eigenvalue weighted by molar-refractivity contribution is 0.353. The van der Waals surface area contributed by atoms with Gasteiger partial charge in [0, 0.05) is 21.6 Å². The number of hydrogen-bond acceptors (Lipinski definition) is 4. The van der Waals surface area contributed by atoms with Gasteiger partial charge in [0.15, 0.2) is 11.5 Å². The van der Waals surface area contributed by atoms with Gasteiger partial charge < -0.3 is 13.8 Å². The number of benzene rings is 2. The lowest BCUT2D eigenvalue weighted by Gasteiger charge is -2.22. The second-order valence-electron chi connectivity index (χ2n) is 5.09. The van der Waals surface area contributed by atoms with Gasteiger partial charge in [-0.1, -0.05) is 15.9 Å². The fourth-order valence-electron chi connectivity index (χ4n) is 2.55. The van der Waals surface area contributed by atoms with Crippen molar-refractivity contribution in [2.24, 2.45) is 0 Å². The minimum atomic E-state index is 0.784. The van der Waals surface area contributed by atoms with Crippen LogP contribution in [0.1, 0.15) is 12.0 Å². The molecule has 0 fully saturated rings. The molecule has 0 amide bonds. The molecule has 5 heteroatoms. The van der Waals surface area contributed by atoms with Crippen molar-refractivity contribution >= 4 is 33.6 Å². The molecule has 0 bridgehead atoms. The summed E-state index contributed by atoms with van der Waals surface area (Å²) in [6, 6.07) is 12.6. The molecule has 1 aliphatic rings. The highest BCUT2D eigenvalue weighted by Gasteiger charge is 2.19. The second-order valence-corrected chi connectivity index (χ2v) is 7.07. The highest BCUT2D eigenvalue weighted by Crippen LogP contribution is 2.40. The largest absolute Gasteiger partial charge is 0.493 e. The van der Waals surface area contributed by atoms with Crippen molar-refractivity contribution in [3.8, 4) is 11.5 Å². The third-order valence-electron chi connectivity index (χ3n) is 3.70. The van der Waals surface area contributed by atoms with Gasteiger partial charge in [-0.2, -0.15) is 0 Å². The summed E-state index contributed by atoms with van der Waals surface area (Å²) in [6.07, 6.45) is 2.17. The van der Waals surface area contributed by atoms with Crippen molar-refractivity contribution in [2.75, 3.05) is 25.1 Å². The van der Waals surface area contributed by atoms with Gasteiger partial charge >= 0.3 is 0 Å². The van der Waals surface area contributed by atoms with Crippen molar-refractivity contribution in [3.63, 3.8) is 0 Å². The smallest absolute Gasteiger partial charge is 0.161 e. The van der Waals surface area contributed by atoms with Gasteiger partial charge in [0.1, 0.15) is 0 Å². The predicted octanol–water partition coefficient (Wildman–Crippen LogP) is 4.93. The Morgan fingerprint density at radius 3 is 2.41 bits per heavy atom. The fourth-order valence-corrected chi connectivity index (χ4v) is 3.94. The summed E-state index contributed by atoms with van der Waals surface area (Å²) in [5.74, 6) is 1.59. The van der Waals surface area contributed by atoms with E-state index < -0.39 is 0 Å². The molecular formula is C17H18BrNO2S. The maximum atomic E-state index is 5.44. The third kappa shape index (κ3) is 3.20. The van der Waals surface area contributed by atoms with Gasteiger partial charge in [0.2, 0.25) is 0 Å². The molecule has 2 aromatic rings. The first-order valence-electron chi connectivity index (χ1n) is 7.17. The fraction of sp³-hybridized carbons (Fsp3) is 0.294. The Morgan fingerprint density at radius 1 is 1.05 bits per heavy atom. The number of fused-ring (bicyclic) bond motifs is 1. The Balaban J connectivity index is 1.93. The molecule has 0 unspecified atom stereocenters. The van der Waals surface area contributed by atoms with Crippen molar-refractivity contribution in [1.82, 2.24) is 0 Å². The standard InChI is InChI=1S/C17H18BrNO2S/c1-20-15-10-12-4-3-9-19(14-7-5-13(18)6-8-14)22-17(12)11-16(15)21-2/h5-8,10-11H,3-4,9H2,1-2H3. The zero-order valence-corrected chi connectivity index (χ0v) is 15.0.